The number of aromatic nitrogens is 1. The standard InChI is InChI=1S/C19H28N4O3/c24-19(15-1-2-18(20-13-15)21-16-5-10-26-14-16)23-6-3-17(4-7-23)22-8-11-25-12-9-22/h1-2,13,16-17H,3-12,14H2,(H,20,21). The van der Waals surface area contributed by atoms with Gasteiger partial charge in [0.15, 0.2) is 0 Å². The lowest BCUT2D eigenvalue weighted by atomic mass is 10.0. The Morgan fingerprint density at radius 1 is 1.04 bits per heavy atom. The minimum absolute atomic E-state index is 0.0914. The van der Waals surface area contributed by atoms with Crippen LogP contribution < -0.4 is 5.32 Å². The maximum Gasteiger partial charge on any atom is 0.255 e. The van der Waals surface area contributed by atoms with Crippen molar-refractivity contribution in [3.05, 3.63) is 23.9 Å². The number of rotatable bonds is 4. The Bertz CT molecular complexity index is 589. The predicted molar refractivity (Wildman–Crippen MR) is 98.4 cm³/mol. The molecule has 1 atom stereocenters. The highest BCUT2D eigenvalue weighted by Crippen LogP contribution is 2.20. The molecule has 1 N–H and O–H groups in total. The molecule has 1 aromatic heterocycles. The van der Waals surface area contributed by atoms with Crippen LogP contribution in [0.4, 0.5) is 5.82 Å². The second kappa shape index (κ2) is 8.33. The third-order valence-electron chi connectivity index (χ3n) is 5.61. The van der Waals surface area contributed by atoms with Gasteiger partial charge in [-0.2, -0.15) is 0 Å². The molecule has 7 nitrogen and oxygen atoms in total. The van der Waals surface area contributed by atoms with Crippen molar-refractivity contribution in [3.8, 4) is 0 Å². The average Bonchev–Trinajstić information content (AvgIpc) is 3.22. The molecule has 0 aromatic carbocycles. The summed E-state index contributed by atoms with van der Waals surface area (Å²) in [7, 11) is 0. The molecule has 4 rings (SSSR count). The van der Waals surface area contributed by atoms with Crippen LogP contribution >= 0.6 is 0 Å². The van der Waals surface area contributed by atoms with Crippen LogP contribution in [0, 0.1) is 0 Å². The summed E-state index contributed by atoms with van der Waals surface area (Å²) in [6, 6.07) is 4.68. The third-order valence-corrected chi connectivity index (χ3v) is 5.61. The topological polar surface area (TPSA) is 66.9 Å². The molecule has 1 unspecified atom stereocenters. The van der Waals surface area contributed by atoms with E-state index in [2.05, 4.69) is 15.2 Å². The number of piperidine rings is 1. The van der Waals surface area contributed by atoms with Crippen LogP contribution in [0.5, 0.6) is 0 Å². The summed E-state index contributed by atoms with van der Waals surface area (Å²) in [6.07, 6.45) is 4.77. The Labute approximate surface area is 154 Å². The van der Waals surface area contributed by atoms with Crippen LogP contribution in [0.1, 0.15) is 29.6 Å². The van der Waals surface area contributed by atoms with Gasteiger partial charge >= 0.3 is 0 Å². The zero-order chi connectivity index (χ0) is 17.8. The molecule has 0 radical (unpaired) electrons. The monoisotopic (exact) mass is 360 g/mol. The average molecular weight is 360 g/mol. The molecule has 1 amide bonds. The fourth-order valence-corrected chi connectivity index (χ4v) is 4.02. The number of anilines is 1. The number of amides is 1. The minimum atomic E-state index is 0.0914. The Morgan fingerprint density at radius 3 is 2.50 bits per heavy atom. The maximum absolute atomic E-state index is 12.8. The number of hydrogen-bond acceptors (Lipinski definition) is 6. The number of morpholine rings is 1. The highest BCUT2D eigenvalue weighted by molar-refractivity contribution is 5.94. The van der Waals surface area contributed by atoms with E-state index in [0.29, 0.717) is 17.6 Å². The Balaban J connectivity index is 1.28. The Kier molecular flexibility index (Phi) is 5.67. The number of carbonyl (C=O) groups is 1. The number of hydrogen-bond donors (Lipinski definition) is 1. The molecule has 3 saturated heterocycles. The van der Waals surface area contributed by atoms with Crippen LogP contribution in [-0.2, 0) is 9.47 Å². The molecule has 3 fully saturated rings. The van der Waals surface area contributed by atoms with E-state index in [9.17, 15) is 4.79 Å². The highest BCUT2D eigenvalue weighted by Gasteiger charge is 2.28. The lowest BCUT2D eigenvalue weighted by Crippen LogP contribution is -2.50. The molecule has 142 valence electrons. The quantitative estimate of drug-likeness (QED) is 0.871. The van der Waals surface area contributed by atoms with Gasteiger partial charge in [0.2, 0.25) is 0 Å². The van der Waals surface area contributed by atoms with Gasteiger partial charge in [-0.05, 0) is 31.4 Å². The van der Waals surface area contributed by atoms with E-state index in [1.807, 2.05) is 17.0 Å². The highest BCUT2D eigenvalue weighted by atomic mass is 16.5. The van der Waals surface area contributed by atoms with Crippen molar-refractivity contribution in [2.45, 2.75) is 31.3 Å². The number of likely N-dealkylation sites (tertiary alicyclic amines) is 1. The van der Waals surface area contributed by atoms with Crippen LogP contribution in [0.3, 0.4) is 0 Å². The molecule has 1 aromatic rings. The van der Waals surface area contributed by atoms with E-state index < -0.39 is 0 Å². The van der Waals surface area contributed by atoms with E-state index in [4.69, 9.17) is 9.47 Å². The number of nitrogens with one attached hydrogen (secondary N) is 1. The van der Waals surface area contributed by atoms with Crippen molar-refractivity contribution in [1.82, 2.24) is 14.8 Å². The molecule has 3 aliphatic heterocycles. The first-order valence-corrected chi connectivity index (χ1v) is 9.71. The smallest absolute Gasteiger partial charge is 0.255 e. The van der Waals surface area contributed by atoms with E-state index in [1.165, 1.54) is 0 Å². The lowest BCUT2D eigenvalue weighted by molar-refractivity contribution is 0.00158. The second-order valence-electron chi connectivity index (χ2n) is 7.31. The Hall–Kier alpha value is -1.70. The van der Waals surface area contributed by atoms with Crippen LogP contribution in [0.2, 0.25) is 0 Å². The SMILES string of the molecule is O=C(c1ccc(NC2CCOC2)nc1)N1CCC(N2CCOCC2)CC1. The van der Waals surface area contributed by atoms with Crippen molar-refractivity contribution < 1.29 is 14.3 Å². The molecule has 0 spiro atoms. The predicted octanol–water partition coefficient (Wildman–Crippen LogP) is 1.22. The second-order valence-corrected chi connectivity index (χ2v) is 7.31. The zero-order valence-electron chi connectivity index (χ0n) is 15.2. The van der Waals surface area contributed by atoms with Crippen molar-refractivity contribution in [2.75, 3.05) is 57.9 Å². The minimum Gasteiger partial charge on any atom is -0.379 e. The van der Waals surface area contributed by atoms with Gasteiger partial charge in [0.05, 0.1) is 31.4 Å². The van der Waals surface area contributed by atoms with Gasteiger partial charge in [0, 0.05) is 45.0 Å². The molecule has 0 bridgehead atoms. The summed E-state index contributed by atoms with van der Waals surface area (Å²) in [5.74, 6) is 0.900. The van der Waals surface area contributed by atoms with Crippen molar-refractivity contribution in [2.24, 2.45) is 0 Å². The molecular weight excluding hydrogens is 332 g/mol. The first-order valence-electron chi connectivity index (χ1n) is 9.71. The van der Waals surface area contributed by atoms with Gasteiger partial charge in [-0.3, -0.25) is 9.69 Å². The normalized spacial score (nSPS) is 25.4. The van der Waals surface area contributed by atoms with Gasteiger partial charge in [-0.15, -0.1) is 0 Å². The van der Waals surface area contributed by atoms with Gasteiger partial charge in [0.25, 0.3) is 5.91 Å². The van der Waals surface area contributed by atoms with E-state index >= 15 is 0 Å². The van der Waals surface area contributed by atoms with Crippen LogP contribution in [-0.4, -0.2) is 85.4 Å². The molecular formula is C19H28N4O3. The molecule has 26 heavy (non-hydrogen) atoms. The van der Waals surface area contributed by atoms with E-state index in [-0.39, 0.29) is 5.91 Å². The molecule has 3 aliphatic rings. The van der Waals surface area contributed by atoms with Gasteiger partial charge in [0.1, 0.15) is 5.82 Å². The third kappa shape index (κ3) is 4.16. The summed E-state index contributed by atoms with van der Waals surface area (Å²) in [6.45, 7) is 6.86. The summed E-state index contributed by atoms with van der Waals surface area (Å²) < 4.78 is 10.8. The van der Waals surface area contributed by atoms with Gasteiger partial charge < -0.3 is 19.7 Å². The number of ether oxygens (including phenoxy) is 2. The summed E-state index contributed by atoms with van der Waals surface area (Å²) in [5.41, 5.74) is 0.669. The largest absolute Gasteiger partial charge is 0.379 e. The number of pyridine rings is 1. The molecule has 0 aliphatic carbocycles. The Morgan fingerprint density at radius 2 is 1.85 bits per heavy atom. The maximum atomic E-state index is 12.8. The zero-order valence-corrected chi connectivity index (χ0v) is 15.2. The first-order chi connectivity index (χ1) is 12.8. The van der Waals surface area contributed by atoms with Crippen LogP contribution in [0.25, 0.3) is 0 Å². The van der Waals surface area contributed by atoms with Crippen LogP contribution in [0.15, 0.2) is 18.3 Å². The first kappa shape index (κ1) is 17.7. The van der Waals surface area contributed by atoms with E-state index in [1.54, 1.807) is 6.20 Å². The summed E-state index contributed by atoms with van der Waals surface area (Å²) >= 11 is 0. The summed E-state index contributed by atoms with van der Waals surface area (Å²) in [4.78, 5) is 21.6. The number of nitrogens with zero attached hydrogens (tertiary/aromatic N) is 3. The van der Waals surface area contributed by atoms with Gasteiger partial charge in [-0.1, -0.05) is 0 Å². The lowest BCUT2D eigenvalue weighted by Gasteiger charge is -2.40. The van der Waals surface area contributed by atoms with Gasteiger partial charge in [-0.25, -0.2) is 4.98 Å². The fourth-order valence-electron chi connectivity index (χ4n) is 4.02. The van der Waals surface area contributed by atoms with Crippen molar-refractivity contribution in [3.63, 3.8) is 0 Å². The molecule has 7 heteroatoms. The van der Waals surface area contributed by atoms with Crippen molar-refractivity contribution in [1.29, 1.82) is 0 Å². The summed E-state index contributed by atoms with van der Waals surface area (Å²) in [5, 5.41) is 3.35. The molecule has 4 heterocycles. The van der Waals surface area contributed by atoms with E-state index in [0.717, 1.165) is 77.7 Å². The fraction of sp³-hybridized carbons (Fsp3) is 0.684. The molecule has 0 saturated carbocycles. The van der Waals surface area contributed by atoms with Crippen molar-refractivity contribution >= 4 is 11.7 Å². The number of carbonyl (C=O) groups excluding carboxylic acids is 1.